The second-order valence-electron chi connectivity index (χ2n) is 9.23. The molecule has 238 valence electrons. The number of carbonyl (C=O) groups is 1. The van der Waals surface area contributed by atoms with Gasteiger partial charge < -0.3 is 38.1 Å². The van der Waals surface area contributed by atoms with Crippen molar-refractivity contribution in [1.82, 2.24) is 4.98 Å². The predicted molar refractivity (Wildman–Crippen MR) is 157 cm³/mol. The van der Waals surface area contributed by atoms with Gasteiger partial charge in [0.2, 0.25) is 0 Å². The Kier molecular flexibility index (Phi) is 14.7. The first-order valence-corrected chi connectivity index (χ1v) is 15.4. The highest BCUT2D eigenvalue weighted by atomic mass is 32.2. The molecule has 0 bridgehead atoms. The summed E-state index contributed by atoms with van der Waals surface area (Å²) in [5.41, 5.74) is 2.56. The molecule has 0 unspecified atom stereocenters. The van der Waals surface area contributed by atoms with Crippen molar-refractivity contribution < 1.29 is 55.9 Å². The second-order valence-corrected chi connectivity index (χ2v) is 10.6. The molecule has 44 heavy (non-hydrogen) atoms. The Morgan fingerprint density at radius 2 is 1.45 bits per heavy atom. The van der Waals surface area contributed by atoms with Gasteiger partial charge in [-0.1, -0.05) is 30.3 Å². The molecule has 0 atom stereocenters. The Labute approximate surface area is 255 Å². The Balaban J connectivity index is 0.000000404. The summed E-state index contributed by atoms with van der Waals surface area (Å²) < 4.78 is 60.1. The van der Waals surface area contributed by atoms with Crippen LogP contribution in [0.4, 0.5) is 0 Å². The van der Waals surface area contributed by atoms with Crippen LogP contribution in [0.25, 0.3) is 22.7 Å². The summed E-state index contributed by atoms with van der Waals surface area (Å²) >= 11 is 0. The molecule has 0 amide bonds. The minimum Gasteiger partial charge on any atom is -0.748 e. The number of aliphatic carboxylic acids is 1. The Morgan fingerprint density at radius 3 is 2.09 bits per heavy atom. The molecule has 0 fully saturated rings. The lowest BCUT2D eigenvalue weighted by Crippen LogP contribution is -2.38. The zero-order valence-corrected chi connectivity index (χ0v) is 24.9. The summed E-state index contributed by atoms with van der Waals surface area (Å²) in [6.45, 7) is 3.87. The number of phenolic OH excluding ortho intramolecular Hbond substituents is 1. The SMILES string of the molecule is O=C(O)CCOCCOCCOCCOCC[n+]1ccccc1-c1nc2ccc(O)cc2o1.O=S(=O)([O-])Cc1ccccc1. The number of aromatic hydroxyl groups is 1. The van der Waals surface area contributed by atoms with E-state index in [-0.39, 0.29) is 18.8 Å². The summed E-state index contributed by atoms with van der Waals surface area (Å²) in [4.78, 5) is 14.8. The molecule has 13 nitrogen and oxygen atoms in total. The van der Waals surface area contributed by atoms with E-state index in [4.69, 9.17) is 28.5 Å². The van der Waals surface area contributed by atoms with Gasteiger partial charge in [0.05, 0.1) is 68.5 Å². The first kappa shape index (κ1) is 34.6. The van der Waals surface area contributed by atoms with Crippen LogP contribution in [0, 0.1) is 0 Å². The number of carboxylic acid groups (broad SMARTS) is 1. The number of fused-ring (bicyclic) bond motifs is 1. The number of benzene rings is 2. The summed E-state index contributed by atoms with van der Waals surface area (Å²) in [5, 5.41) is 18.1. The van der Waals surface area contributed by atoms with E-state index in [1.54, 1.807) is 48.5 Å². The van der Waals surface area contributed by atoms with E-state index in [9.17, 15) is 22.9 Å². The normalized spacial score (nSPS) is 11.3. The van der Waals surface area contributed by atoms with Crippen molar-refractivity contribution in [3.63, 3.8) is 0 Å². The Bertz CT molecular complexity index is 1530. The van der Waals surface area contributed by atoms with Crippen LogP contribution >= 0.6 is 0 Å². The zero-order valence-electron chi connectivity index (χ0n) is 24.1. The zero-order chi connectivity index (χ0) is 31.6. The second kappa shape index (κ2) is 18.7. The van der Waals surface area contributed by atoms with Gasteiger partial charge in [-0.25, -0.2) is 13.4 Å². The van der Waals surface area contributed by atoms with Crippen LogP contribution < -0.4 is 4.57 Å². The number of pyridine rings is 1. The van der Waals surface area contributed by atoms with Crippen molar-refractivity contribution in [2.75, 3.05) is 52.9 Å². The molecule has 2 aromatic heterocycles. The molecule has 4 aromatic rings. The molecule has 0 aliphatic rings. The lowest BCUT2D eigenvalue weighted by Gasteiger charge is -2.07. The van der Waals surface area contributed by atoms with Crippen LogP contribution in [-0.4, -0.2) is 87.0 Å². The van der Waals surface area contributed by atoms with Crippen molar-refractivity contribution in [2.45, 2.75) is 18.7 Å². The maximum absolute atomic E-state index is 10.3. The van der Waals surface area contributed by atoms with Gasteiger partial charge in [-0.05, 0) is 23.8 Å². The number of ether oxygens (including phenoxy) is 4. The summed E-state index contributed by atoms with van der Waals surface area (Å²) in [7, 11) is -4.13. The molecule has 0 saturated heterocycles. The number of phenols is 1. The van der Waals surface area contributed by atoms with Crippen molar-refractivity contribution in [1.29, 1.82) is 0 Å². The minimum atomic E-state index is -4.13. The number of aromatic nitrogens is 2. The fourth-order valence-electron chi connectivity index (χ4n) is 3.75. The van der Waals surface area contributed by atoms with Crippen LogP contribution in [-0.2, 0) is 46.2 Å². The highest BCUT2D eigenvalue weighted by molar-refractivity contribution is 7.84. The first-order valence-electron chi connectivity index (χ1n) is 13.8. The van der Waals surface area contributed by atoms with Crippen molar-refractivity contribution in [3.8, 4) is 17.3 Å². The molecule has 0 aliphatic heterocycles. The number of hydrogen-bond donors (Lipinski definition) is 2. The molecule has 2 aromatic carbocycles. The van der Waals surface area contributed by atoms with E-state index in [0.29, 0.717) is 75.3 Å². The molecule has 0 radical (unpaired) electrons. The van der Waals surface area contributed by atoms with Crippen LogP contribution in [0.2, 0.25) is 0 Å². The molecular weight excluding hydrogens is 596 g/mol. The molecule has 2 N–H and O–H groups in total. The first-order chi connectivity index (χ1) is 21.2. The largest absolute Gasteiger partial charge is 0.748 e. The Hall–Kier alpha value is -3.92. The lowest BCUT2D eigenvalue weighted by molar-refractivity contribution is -0.688. The predicted octanol–water partition coefficient (Wildman–Crippen LogP) is 2.76. The fourth-order valence-corrected chi connectivity index (χ4v) is 4.35. The Morgan fingerprint density at radius 1 is 0.841 bits per heavy atom. The average Bonchev–Trinajstić information content (AvgIpc) is 3.40. The van der Waals surface area contributed by atoms with E-state index in [1.165, 1.54) is 0 Å². The standard InChI is InChI=1S/C23H28N2O8.C7H8O3S/c26-18-4-5-19-21(17-18)33-23(24-19)20-3-1-2-7-25(20)8-10-30-12-14-32-16-15-31-13-11-29-9-6-22(27)28;8-11(9,10)6-7-4-2-1-3-5-7/h1-5,7,17H,6,8-16H2,(H,27,28);1-5H,6H2,(H,8,9,10). The van der Waals surface area contributed by atoms with Crippen LogP contribution in [0.5, 0.6) is 5.75 Å². The molecular formula is C30H36N2O11S. The molecule has 0 spiro atoms. The molecule has 2 heterocycles. The van der Waals surface area contributed by atoms with Gasteiger partial charge in [-0.15, -0.1) is 0 Å². The molecule has 0 aliphatic carbocycles. The maximum Gasteiger partial charge on any atom is 0.305 e. The molecule has 4 rings (SSSR count). The van der Waals surface area contributed by atoms with Crippen LogP contribution in [0.3, 0.4) is 0 Å². The number of carboxylic acids is 1. The van der Waals surface area contributed by atoms with Crippen molar-refractivity contribution >= 4 is 27.2 Å². The molecule has 0 saturated carbocycles. The number of oxazole rings is 1. The minimum absolute atomic E-state index is 0.00458. The summed E-state index contributed by atoms with van der Waals surface area (Å²) in [6, 6.07) is 19.0. The lowest BCUT2D eigenvalue weighted by atomic mass is 10.2. The number of hydrogen-bond acceptors (Lipinski definition) is 11. The van der Waals surface area contributed by atoms with Crippen LogP contribution in [0.1, 0.15) is 12.0 Å². The van der Waals surface area contributed by atoms with Gasteiger partial charge >= 0.3 is 5.97 Å². The topological polar surface area (TPSA) is 182 Å². The van der Waals surface area contributed by atoms with E-state index in [0.717, 1.165) is 5.69 Å². The maximum atomic E-state index is 10.3. The third-order valence-electron chi connectivity index (χ3n) is 5.77. The van der Waals surface area contributed by atoms with E-state index in [1.807, 2.05) is 29.0 Å². The third-order valence-corrected chi connectivity index (χ3v) is 6.46. The molecule has 14 heteroatoms. The van der Waals surface area contributed by atoms with Gasteiger partial charge in [0.15, 0.2) is 18.3 Å². The van der Waals surface area contributed by atoms with E-state index in [2.05, 4.69) is 4.98 Å². The average molecular weight is 633 g/mol. The van der Waals surface area contributed by atoms with Crippen molar-refractivity contribution in [3.05, 3.63) is 78.5 Å². The van der Waals surface area contributed by atoms with E-state index < -0.39 is 21.8 Å². The number of rotatable bonds is 18. The van der Waals surface area contributed by atoms with Gasteiger partial charge in [-0.3, -0.25) is 4.79 Å². The van der Waals surface area contributed by atoms with Crippen molar-refractivity contribution in [2.24, 2.45) is 0 Å². The monoisotopic (exact) mass is 632 g/mol. The summed E-state index contributed by atoms with van der Waals surface area (Å²) in [6.07, 6.45) is 1.93. The smallest absolute Gasteiger partial charge is 0.305 e. The van der Waals surface area contributed by atoms with Gasteiger partial charge in [0, 0.05) is 18.2 Å². The van der Waals surface area contributed by atoms with Gasteiger partial charge in [-0.2, -0.15) is 4.57 Å². The fraction of sp³-hybridized carbons (Fsp3) is 0.367. The van der Waals surface area contributed by atoms with Crippen LogP contribution in [0.15, 0.2) is 77.3 Å². The van der Waals surface area contributed by atoms with E-state index >= 15 is 0 Å². The number of nitrogens with zero attached hydrogens (tertiary/aromatic N) is 2. The quantitative estimate of drug-likeness (QED) is 0.0931. The van der Waals surface area contributed by atoms with Gasteiger partial charge in [0.1, 0.15) is 17.9 Å². The van der Waals surface area contributed by atoms with Gasteiger partial charge in [0.25, 0.3) is 11.6 Å². The summed E-state index contributed by atoms with van der Waals surface area (Å²) in [5.74, 6) is -0.685. The third kappa shape index (κ3) is 13.6. The highest BCUT2D eigenvalue weighted by Gasteiger charge is 2.18. The highest BCUT2D eigenvalue weighted by Crippen LogP contribution is 2.24.